The summed E-state index contributed by atoms with van der Waals surface area (Å²) in [5.41, 5.74) is 4.60. The normalized spacial score (nSPS) is 25.5. The minimum Gasteiger partial charge on any atom is -0.470 e. The maximum atomic E-state index is 14.9. The molecule has 13 heteroatoms. The summed E-state index contributed by atoms with van der Waals surface area (Å²) in [7, 11) is 1.56. The predicted octanol–water partition coefficient (Wildman–Crippen LogP) is 3.33. The average molecular weight is 499 g/mol. The zero-order valence-corrected chi connectivity index (χ0v) is 19.0. The lowest BCUT2D eigenvalue weighted by atomic mass is 9.85. The van der Waals surface area contributed by atoms with Gasteiger partial charge in [-0.25, -0.2) is 27.5 Å². The van der Waals surface area contributed by atoms with Crippen LogP contribution in [0.1, 0.15) is 29.4 Å². The van der Waals surface area contributed by atoms with Crippen LogP contribution in [0.15, 0.2) is 29.5 Å². The van der Waals surface area contributed by atoms with E-state index in [2.05, 4.69) is 20.3 Å². The first-order valence-electron chi connectivity index (χ1n) is 10.1. The number of rotatable bonds is 8. The van der Waals surface area contributed by atoms with Gasteiger partial charge in [0, 0.05) is 30.3 Å². The number of ether oxygens (including phenoxy) is 2. The van der Waals surface area contributed by atoms with Crippen molar-refractivity contribution in [1.29, 1.82) is 0 Å². The van der Waals surface area contributed by atoms with Gasteiger partial charge in [0.1, 0.15) is 5.69 Å². The number of benzene rings is 1. The molecule has 1 aliphatic heterocycles. The number of carbonyl (C=O) groups excluding carboxylic acids is 1. The highest BCUT2D eigenvalue weighted by Gasteiger charge is 2.66. The molecular formula is C21H21F4N5O3S. The highest BCUT2D eigenvalue weighted by Crippen LogP contribution is 2.66. The molecule has 2 aliphatic rings. The van der Waals surface area contributed by atoms with Gasteiger partial charge in [-0.15, -0.1) is 0 Å². The molecule has 4 rings (SSSR count). The van der Waals surface area contributed by atoms with E-state index in [1.165, 1.54) is 17.8 Å². The molecule has 1 aromatic carbocycles. The number of methoxy groups -OCH3 is 1. The number of alkyl halides is 2. The maximum absolute atomic E-state index is 14.9. The first kappa shape index (κ1) is 24.2. The molecule has 0 radical (unpaired) electrons. The number of nitrogens with one attached hydrogen (secondary N) is 1. The van der Waals surface area contributed by atoms with Crippen molar-refractivity contribution in [3.05, 3.63) is 47.4 Å². The molecular weight excluding hydrogens is 478 g/mol. The molecule has 3 atom stereocenters. The summed E-state index contributed by atoms with van der Waals surface area (Å²) in [6.07, 6.45) is -0.00847. The van der Waals surface area contributed by atoms with E-state index in [1.54, 1.807) is 14.0 Å². The van der Waals surface area contributed by atoms with Crippen LogP contribution in [0, 0.1) is 17.6 Å². The monoisotopic (exact) mass is 499 g/mol. The Morgan fingerprint density at radius 1 is 1.32 bits per heavy atom. The van der Waals surface area contributed by atoms with E-state index in [0.29, 0.717) is 13.0 Å². The number of aromatic nitrogens is 2. The third kappa shape index (κ3) is 4.53. The fraction of sp³-hybridized carbons (Fsp3) is 0.429. The average Bonchev–Trinajstić information content (AvgIpc) is 3.49. The van der Waals surface area contributed by atoms with Crippen LogP contribution in [0.25, 0.3) is 0 Å². The largest absolute Gasteiger partial charge is 0.470 e. The zero-order chi connectivity index (χ0) is 24.7. The number of anilines is 1. The topological polar surface area (TPSA) is 112 Å². The number of nitrogens with zero attached hydrogens (tertiary/aromatic N) is 3. The van der Waals surface area contributed by atoms with Crippen molar-refractivity contribution >= 4 is 28.5 Å². The molecule has 1 saturated carbocycles. The summed E-state index contributed by atoms with van der Waals surface area (Å²) < 4.78 is 63.6. The number of nitrogens with two attached hydrogens (primary N) is 1. The number of aliphatic imine (C=N–C) groups is 1. The van der Waals surface area contributed by atoms with Gasteiger partial charge in [-0.2, -0.15) is 0 Å². The van der Waals surface area contributed by atoms with Crippen LogP contribution in [0.3, 0.4) is 0 Å². The Kier molecular flexibility index (Phi) is 6.42. The number of hydrogen-bond acceptors (Lipinski definition) is 8. The molecule has 2 heterocycles. The van der Waals surface area contributed by atoms with Crippen molar-refractivity contribution in [1.82, 2.24) is 9.97 Å². The second-order valence-electron chi connectivity index (χ2n) is 8.17. The molecule has 1 fully saturated rings. The molecule has 34 heavy (non-hydrogen) atoms. The summed E-state index contributed by atoms with van der Waals surface area (Å²) in [6.45, 7) is 1.19. The second kappa shape index (κ2) is 9.02. The van der Waals surface area contributed by atoms with Gasteiger partial charge in [0.2, 0.25) is 5.88 Å². The van der Waals surface area contributed by atoms with Crippen LogP contribution in [-0.4, -0.2) is 52.5 Å². The van der Waals surface area contributed by atoms with Gasteiger partial charge in [0.05, 0.1) is 29.3 Å². The predicted molar refractivity (Wildman–Crippen MR) is 117 cm³/mol. The smallest absolute Gasteiger partial charge is 0.275 e. The van der Waals surface area contributed by atoms with Gasteiger partial charge < -0.3 is 20.5 Å². The number of halogens is 4. The lowest BCUT2D eigenvalue weighted by Gasteiger charge is -2.34. The number of hydrogen-bond donors (Lipinski definition) is 2. The summed E-state index contributed by atoms with van der Waals surface area (Å²) in [5, 5.41) is 2.69. The molecule has 0 unspecified atom stereocenters. The summed E-state index contributed by atoms with van der Waals surface area (Å²) >= 11 is 1.36. The SMILES string of the molecule is COC[C@]12C[C@H]1[C@@](C)(c1cc(NC(=O)c3cnc(OCC(F)F)cn3)cc(F)c1F)N=C(N)S2. The molecule has 0 spiro atoms. The van der Waals surface area contributed by atoms with Crippen molar-refractivity contribution in [2.45, 2.75) is 30.1 Å². The van der Waals surface area contributed by atoms with Crippen molar-refractivity contribution in [2.24, 2.45) is 16.6 Å². The van der Waals surface area contributed by atoms with Crippen molar-refractivity contribution in [3.8, 4) is 5.88 Å². The Morgan fingerprint density at radius 3 is 2.74 bits per heavy atom. The fourth-order valence-corrected chi connectivity index (χ4v) is 5.66. The second-order valence-corrected chi connectivity index (χ2v) is 9.61. The van der Waals surface area contributed by atoms with Crippen LogP contribution >= 0.6 is 11.8 Å². The summed E-state index contributed by atoms with van der Waals surface area (Å²) in [4.78, 5) is 24.6. The number of thioether (sulfide) groups is 1. The number of amides is 1. The highest BCUT2D eigenvalue weighted by atomic mass is 32.2. The lowest BCUT2D eigenvalue weighted by molar-refractivity contribution is 0.0792. The zero-order valence-electron chi connectivity index (χ0n) is 18.1. The van der Waals surface area contributed by atoms with E-state index in [0.717, 1.165) is 18.5 Å². The fourth-order valence-electron chi connectivity index (χ4n) is 4.21. The Morgan fingerprint density at radius 2 is 2.09 bits per heavy atom. The van der Waals surface area contributed by atoms with E-state index in [1.807, 2.05) is 0 Å². The maximum Gasteiger partial charge on any atom is 0.275 e. The summed E-state index contributed by atoms with van der Waals surface area (Å²) in [6, 6.07) is 2.15. The molecule has 1 aromatic heterocycles. The molecule has 1 aliphatic carbocycles. The van der Waals surface area contributed by atoms with Gasteiger partial charge in [-0.3, -0.25) is 9.79 Å². The van der Waals surface area contributed by atoms with E-state index in [4.69, 9.17) is 15.2 Å². The molecule has 0 bridgehead atoms. The van der Waals surface area contributed by atoms with Gasteiger partial charge in [0.15, 0.2) is 23.4 Å². The first-order chi connectivity index (χ1) is 16.1. The van der Waals surface area contributed by atoms with Gasteiger partial charge in [0.25, 0.3) is 12.3 Å². The van der Waals surface area contributed by atoms with Crippen LogP contribution in [-0.2, 0) is 10.3 Å². The molecule has 3 N–H and O–H groups in total. The van der Waals surface area contributed by atoms with E-state index < -0.39 is 36.1 Å². The highest BCUT2D eigenvalue weighted by molar-refractivity contribution is 8.15. The van der Waals surface area contributed by atoms with E-state index >= 15 is 0 Å². The molecule has 182 valence electrons. The molecule has 2 aromatic rings. The van der Waals surface area contributed by atoms with Crippen molar-refractivity contribution in [2.75, 3.05) is 25.6 Å². The van der Waals surface area contributed by atoms with Crippen molar-refractivity contribution in [3.63, 3.8) is 0 Å². The van der Waals surface area contributed by atoms with Crippen LogP contribution in [0.4, 0.5) is 23.2 Å². The third-order valence-electron chi connectivity index (χ3n) is 5.79. The third-order valence-corrected chi connectivity index (χ3v) is 7.07. The first-order valence-corrected chi connectivity index (χ1v) is 11.0. The molecule has 0 saturated heterocycles. The van der Waals surface area contributed by atoms with Crippen LogP contribution in [0.5, 0.6) is 5.88 Å². The minimum atomic E-state index is -2.69. The van der Waals surface area contributed by atoms with Crippen LogP contribution in [0.2, 0.25) is 0 Å². The van der Waals surface area contributed by atoms with Gasteiger partial charge >= 0.3 is 0 Å². The number of amidine groups is 1. The molecule has 8 nitrogen and oxygen atoms in total. The Bertz CT molecular complexity index is 1140. The van der Waals surface area contributed by atoms with Gasteiger partial charge in [-0.1, -0.05) is 11.8 Å². The standard InChI is InChI=1S/C21H21F4N5O3S/c1-20(14-5-21(14,9-32-2)34-19(26)30-20)11-3-10(4-12(22)17(11)25)29-18(31)13-6-28-16(7-27-13)33-8-15(23)24/h3-4,6-7,14-15H,5,8-9H2,1-2H3,(H2,26,30)(H,29,31)/t14-,20+,21+/m0/s1. The Labute approximate surface area is 196 Å². The Hall–Kier alpha value is -2.93. The number of fused-ring (bicyclic) bond motifs is 1. The van der Waals surface area contributed by atoms with Gasteiger partial charge in [-0.05, 0) is 19.4 Å². The van der Waals surface area contributed by atoms with E-state index in [9.17, 15) is 22.4 Å². The lowest BCUT2D eigenvalue weighted by Crippen LogP contribution is -2.38. The minimum absolute atomic E-state index is 0.0232. The quantitative estimate of drug-likeness (QED) is 0.536. The Balaban J connectivity index is 1.58. The van der Waals surface area contributed by atoms with Crippen molar-refractivity contribution < 1.29 is 31.8 Å². The molecule has 1 amide bonds. The van der Waals surface area contributed by atoms with E-state index in [-0.39, 0.29) is 38.7 Å². The summed E-state index contributed by atoms with van der Waals surface area (Å²) in [5.74, 6) is -3.35. The van der Waals surface area contributed by atoms with Crippen LogP contribution < -0.4 is 15.8 Å². The number of carbonyl (C=O) groups is 1.